The van der Waals surface area contributed by atoms with Crippen LogP contribution in [0.2, 0.25) is 0 Å². The van der Waals surface area contributed by atoms with Gasteiger partial charge in [-0.1, -0.05) is 12.1 Å². The summed E-state index contributed by atoms with van der Waals surface area (Å²) in [6, 6.07) is 9.39. The van der Waals surface area contributed by atoms with E-state index in [0.717, 1.165) is 12.1 Å². The SMILES string of the molecule is CN1C(=O)C(C)(C)C(C)(c2cc(Nc3ccccc3OC(F)(F)F)ccc2F)N=C1N. The van der Waals surface area contributed by atoms with Gasteiger partial charge in [-0.3, -0.25) is 9.69 Å². The van der Waals surface area contributed by atoms with Crippen molar-refractivity contribution < 1.29 is 27.1 Å². The first kappa shape index (κ1) is 22.4. The number of nitrogens with one attached hydrogen (secondary N) is 1. The van der Waals surface area contributed by atoms with Crippen molar-refractivity contribution in [1.29, 1.82) is 0 Å². The van der Waals surface area contributed by atoms with Gasteiger partial charge in [0, 0.05) is 18.3 Å². The average Bonchev–Trinajstić information content (AvgIpc) is 2.67. The number of amides is 1. The van der Waals surface area contributed by atoms with Crippen molar-refractivity contribution >= 4 is 23.2 Å². The van der Waals surface area contributed by atoms with Crippen LogP contribution in [0.4, 0.5) is 28.9 Å². The van der Waals surface area contributed by atoms with E-state index in [1.54, 1.807) is 20.8 Å². The Kier molecular flexibility index (Phi) is 5.37. The lowest BCUT2D eigenvalue weighted by Crippen LogP contribution is -2.58. The van der Waals surface area contributed by atoms with Crippen molar-refractivity contribution in [3.63, 3.8) is 0 Å². The Bertz CT molecular complexity index is 1050. The van der Waals surface area contributed by atoms with Crippen molar-refractivity contribution in [2.75, 3.05) is 12.4 Å². The molecule has 1 unspecified atom stereocenters. The summed E-state index contributed by atoms with van der Waals surface area (Å²) in [6.45, 7) is 4.86. The van der Waals surface area contributed by atoms with E-state index in [-0.39, 0.29) is 28.8 Å². The predicted octanol–water partition coefficient (Wildman–Crippen LogP) is 4.50. The molecule has 31 heavy (non-hydrogen) atoms. The number of carbonyl (C=O) groups is 1. The molecule has 0 fully saturated rings. The van der Waals surface area contributed by atoms with Gasteiger partial charge in [-0.05, 0) is 51.1 Å². The number of para-hydroxylation sites is 2. The van der Waals surface area contributed by atoms with Gasteiger partial charge >= 0.3 is 6.36 Å². The molecule has 2 aromatic rings. The van der Waals surface area contributed by atoms with Crippen LogP contribution in [0.15, 0.2) is 47.5 Å². The summed E-state index contributed by atoms with van der Waals surface area (Å²) in [5, 5.41) is 2.81. The van der Waals surface area contributed by atoms with E-state index in [9.17, 15) is 22.4 Å². The van der Waals surface area contributed by atoms with E-state index in [0.29, 0.717) is 0 Å². The number of ether oxygens (including phenoxy) is 1. The quantitative estimate of drug-likeness (QED) is 0.689. The van der Waals surface area contributed by atoms with Crippen molar-refractivity contribution in [3.8, 4) is 5.75 Å². The largest absolute Gasteiger partial charge is 0.573 e. The summed E-state index contributed by atoms with van der Waals surface area (Å²) >= 11 is 0. The fraction of sp³-hybridized carbons (Fsp3) is 0.333. The van der Waals surface area contributed by atoms with Crippen LogP contribution in [0.1, 0.15) is 26.3 Å². The summed E-state index contributed by atoms with van der Waals surface area (Å²) in [7, 11) is 1.48. The van der Waals surface area contributed by atoms with Crippen LogP contribution in [-0.4, -0.2) is 30.2 Å². The predicted molar refractivity (Wildman–Crippen MR) is 108 cm³/mol. The highest BCUT2D eigenvalue weighted by Crippen LogP contribution is 2.48. The normalized spacial score (nSPS) is 21.0. The number of hydrogen-bond acceptors (Lipinski definition) is 5. The average molecular weight is 438 g/mol. The van der Waals surface area contributed by atoms with E-state index in [1.807, 2.05) is 0 Å². The van der Waals surface area contributed by atoms with Gasteiger partial charge in [0.2, 0.25) is 5.91 Å². The molecule has 0 spiro atoms. The third-order valence-corrected chi connectivity index (χ3v) is 5.62. The highest BCUT2D eigenvalue weighted by atomic mass is 19.4. The van der Waals surface area contributed by atoms with Crippen LogP contribution in [-0.2, 0) is 10.3 Å². The molecule has 166 valence electrons. The first-order valence-electron chi connectivity index (χ1n) is 9.31. The molecule has 0 bridgehead atoms. The maximum absolute atomic E-state index is 14.9. The number of alkyl halides is 3. The number of carbonyl (C=O) groups excluding carboxylic acids is 1. The Morgan fingerprint density at radius 3 is 2.42 bits per heavy atom. The Morgan fingerprint density at radius 2 is 1.77 bits per heavy atom. The molecule has 1 amide bonds. The van der Waals surface area contributed by atoms with Crippen molar-refractivity contribution in [2.45, 2.75) is 32.7 Å². The molecular weight excluding hydrogens is 416 g/mol. The number of nitrogens with two attached hydrogens (primary N) is 1. The smallest absolute Gasteiger partial charge is 0.404 e. The van der Waals surface area contributed by atoms with Gasteiger partial charge in [0.15, 0.2) is 11.7 Å². The number of anilines is 2. The zero-order valence-corrected chi connectivity index (χ0v) is 17.3. The van der Waals surface area contributed by atoms with Crippen LogP contribution in [0.3, 0.4) is 0 Å². The number of halogens is 4. The second-order valence-electron chi connectivity index (χ2n) is 7.89. The van der Waals surface area contributed by atoms with Crippen LogP contribution < -0.4 is 15.8 Å². The van der Waals surface area contributed by atoms with E-state index >= 15 is 0 Å². The molecule has 0 radical (unpaired) electrons. The van der Waals surface area contributed by atoms with Gasteiger partial charge in [0.05, 0.1) is 11.1 Å². The van der Waals surface area contributed by atoms with Crippen molar-refractivity contribution in [2.24, 2.45) is 16.1 Å². The maximum atomic E-state index is 14.9. The summed E-state index contributed by atoms with van der Waals surface area (Å²) in [4.78, 5) is 18.4. The summed E-state index contributed by atoms with van der Waals surface area (Å²) in [5.41, 5.74) is 3.77. The van der Waals surface area contributed by atoms with Gasteiger partial charge in [-0.2, -0.15) is 0 Å². The second kappa shape index (κ2) is 7.44. The summed E-state index contributed by atoms with van der Waals surface area (Å²) in [6.07, 6.45) is -4.87. The minimum Gasteiger partial charge on any atom is -0.404 e. The summed E-state index contributed by atoms with van der Waals surface area (Å²) in [5.74, 6) is -1.48. The lowest BCUT2D eigenvalue weighted by molar-refractivity contribution is -0.274. The molecule has 2 aromatic carbocycles. The van der Waals surface area contributed by atoms with E-state index in [2.05, 4.69) is 15.0 Å². The molecule has 10 heteroatoms. The Labute approximate surface area is 176 Å². The zero-order valence-electron chi connectivity index (χ0n) is 17.3. The van der Waals surface area contributed by atoms with Crippen LogP contribution in [0.25, 0.3) is 0 Å². The van der Waals surface area contributed by atoms with Gasteiger partial charge < -0.3 is 15.8 Å². The first-order chi connectivity index (χ1) is 14.3. The van der Waals surface area contributed by atoms with Crippen LogP contribution >= 0.6 is 0 Å². The maximum Gasteiger partial charge on any atom is 0.573 e. The molecular formula is C21H22F4N4O2. The minimum absolute atomic E-state index is 0.0317. The molecule has 6 nitrogen and oxygen atoms in total. The number of benzene rings is 2. The molecule has 0 aliphatic carbocycles. The van der Waals surface area contributed by atoms with Crippen molar-refractivity contribution in [3.05, 3.63) is 53.8 Å². The van der Waals surface area contributed by atoms with Gasteiger partial charge in [-0.25, -0.2) is 9.38 Å². The van der Waals surface area contributed by atoms with Gasteiger partial charge in [0.1, 0.15) is 11.4 Å². The van der Waals surface area contributed by atoms with E-state index < -0.39 is 28.9 Å². The molecule has 1 atom stereocenters. The lowest BCUT2D eigenvalue weighted by atomic mass is 9.67. The standard InChI is InChI=1S/C21H22F4N4O2/c1-19(2)17(30)29(4)18(26)28-20(19,3)13-11-12(9-10-14(13)22)27-15-7-5-6-8-16(15)31-21(23,24)25/h5-11,27H,1-4H3,(H2,26,28). The van der Waals surface area contributed by atoms with Crippen LogP contribution in [0, 0.1) is 11.2 Å². The third-order valence-electron chi connectivity index (χ3n) is 5.62. The zero-order chi connectivity index (χ0) is 23.2. The number of aliphatic imine (C=N–C) groups is 1. The fourth-order valence-electron chi connectivity index (χ4n) is 3.49. The molecule has 1 aliphatic heterocycles. The number of rotatable bonds is 4. The molecule has 1 aliphatic rings. The van der Waals surface area contributed by atoms with E-state index in [4.69, 9.17) is 5.73 Å². The minimum atomic E-state index is -4.87. The number of hydrogen-bond donors (Lipinski definition) is 2. The highest BCUT2D eigenvalue weighted by Gasteiger charge is 2.53. The van der Waals surface area contributed by atoms with Crippen LogP contribution in [0.5, 0.6) is 5.75 Å². The lowest BCUT2D eigenvalue weighted by Gasteiger charge is -2.46. The number of guanidine groups is 1. The van der Waals surface area contributed by atoms with Gasteiger partial charge in [0.25, 0.3) is 0 Å². The van der Waals surface area contributed by atoms with E-state index in [1.165, 1.54) is 42.3 Å². The Balaban J connectivity index is 2.06. The fourth-order valence-corrected chi connectivity index (χ4v) is 3.49. The summed E-state index contributed by atoms with van der Waals surface area (Å²) < 4.78 is 57.0. The molecule has 3 N–H and O–H groups in total. The molecule has 0 aromatic heterocycles. The Hall–Kier alpha value is -3.30. The molecule has 3 rings (SSSR count). The molecule has 1 heterocycles. The second-order valence-corrected chi connectivity index (χ2v) is 7.89. The topological polar surface area (TPSA) is 80.0 Å². The Morgan fingerprint density at radius 1 is 1.13 bits per heavy atom. The van der Waals surface area contributed by atoms with Gasteiger partial charge in [-0.15, -0.1) is 13.2 Å². The third kappa shape index (κ3) is 4.01. The highest BCUT2D eigenvalue weighted by molar-refractivity contribution is 6.01. The molecule has 0 saturated carbocycles. The number of nitrogens with zero attached hydrogens (tertiary/aromatic N) is 2. The first-order valence-corrected chi connectivity index (χ1v) is 9.31. The molecule has 0 saturated heterocycles. The van der Waals surface area contributed by atoms with Crippen molar-refractivity contribution in [1.82, 2.24) is 4.90 Å². The monoisotopic (exact) mass is 438 g/mol.